The van der Waals surface area contributed by atoms with Crippen LogP contribution in [-0.2, 0) is 9.59 Å². The van der Waals surface area contributed by atoms with Gasteiger partial charge >= 0.3 is 0 Å². The van der Waals surface area contributed by atoms with Crippen LogP contribution in [0.5, 0.6) is 0 Å². The Balaban J connectivity index is 3.98. The van der Waals surface area contributed by atoms with E-state index in [-0.39, 0.29) is 6.42 Å². The summed E-state index contributed by atoms with van der Waals surface area (Å²) < 4.78 is 0. The van der Waals surface area contributed by atoms with Crippen LogP contribution in [0.4, 0.5) is 0 Å². The third-order valence-corrected chi connectivity index (χ3v) is 0.867. The minimum absolute atomic E-state index is 0.261. The van der Waals surface area contributed by atoms with Crippen LogP contribution < -0.4 is 5.11 Å². The zero-order valence-corrected chi connectivity index (χ0v) is 4.96. The van der Waals surface area contributed by atoms with Crippen molar-refractivity contribution in [3.63, 3.8) is 0 Å². The summed E-state index contributed by atoms with van der Waals surface area (Å²) >= 11 is 0. The normalized spacial score (nSPS) is 11.7. The second-order valence-electron chi connectivity index (χ2n) is 1.46. The Morgan fingerprint density at radius 2 is 2.44 bits per heavy atom. The van der Waals surface area contributed by atoms with Gasteiger partial charge in [0.05, 0.1) is 5.97 Å². The van der Waals surface area contributed by atoms with Crippen molar-refractivity contribution in [1.82, 2.24) is 0 Å². The van der Waals surface area contributed by atoms with E-state index < -0.39 is 12.0 Å². The number of aliphatic imine (C=N–C) groups is 1. The molecule has 0 N–H and O–H groups in total. The topological polar surface area (TPSA) is 69.6 Å². The fourth-order valence-electron chi connectivity index (χ4n) is 0.374. The van der Waals surface area contributed by atoms with Crippen molar-refractivity contribution in [2.75, 3.05) is 0 Å². The largest absolute Gasteiger partial charge is 0.548 e. The number of carbonyl (C=O) groups excluding carboxylic acids is 2. The average Bonchev–Trinajstić information content (AvgIpc) is 1.82. The Morgan fingerprint density at radius 3 is 2.56 bits per heavy atom. The predicted molar refractivity (Wildman–Crippen MR) is 27.2 cm³/mol. The van der Waals surface area contributed by atoms with Crippen molar-refractivity contribution in [2.24, 2.45) is 4.99 Å². The van der Waals surface area contributed by atoms with Gasteiger partial charge in [0.25, 0.3) is 0 Å². The molecule has 1 unspecified atom stereocenters. The molecule has 0 spiro atoms. The van der Waals surface area contributed by atoms with Gasteiger partial charge in [-0.1, -0.05) is 6.92 Å². The van der Waals surface area contributed by atoms with Gasteiger partial charge in [0, 0.05) is 0 Å². The minimum atomic E-state index is -1.33. The van der Waals surface area contributed by atoms with Crippen LogP contribution in [0.3, 0.4) is 0 Å². The monoisotopic (exact) mass is 128 g/mol. The van der Waals surface area contributed by atoms with Gasteiger partial charge in [-0.15, -0.1) is 0 Å². The van der Waals surface area contributed by atoms with Crippen molar-refractivity contribution in [3.05, 3.63) is 0 Å². The van der Waals surface area contributed by atoms with E-state index in [9.17, 15) is 14.7 Å². The fraction of sp³-hybridized carbons (Fsp3) is 0.600. The van der Waals surface area contributed by atoms with Gasteiger partial charge in [-0.3, -0.25) is 0 Å². The van der Waals surface area contributed by atoms with E-state index in [1.165, 1.54) is 0 Å². The highest BCUT2D eigenvalue weighted by Gasteiger charge is 2.01. The van der Waals surface area contributed by atoms with Crippen molar-refractivity contribution in [2.45, 2.75) is 19.4 Å². The molecule has 4 heteroatoms. The first-order valence-electron chi connectivity index (χ1n) is 2.50. The number of hydrogen-bond acceptors (Lipinski definition) is 4. The minimum Gasteiger partial charge on any atom is -0.548 e. The summed E-state index contributed by atoms with van der Waals surface area (Å²) in [6.45, 7) is 1.60. The van der Waals surface area contributed by atoms with E-state index >= 15 is 0 Å². The maximum Gasteiger partial charge on any atom is 0.235 e. The number of isocyanates is 1. The third-order valence-electron chi connectivity index (χ3n) is 0.867. The van der Waals surface area contributed by atoms with Crippen molar-refractivity contribution in [1.29, 1.82) is 0 Å². The molecule has 0 aliphatic rings. The molecule has 4 nitrogen and oxygen atoms in total. The molecule has 0 aromatic heterocycles. The summed E-state index contributed by atoms with van der Waals surface area (Å²) in [5.74, 6) is -1.33. The summed E-state index contributed by atoms with van der Waals surface area (Å²) in [5.41, 5.74) is 0. The number of rotatable bonds is 3. The van der Waals surface area contributed by atoms with Gasteiger partial charge in [0.1, 0.15) is 6.04 Å². The van der Waals surface area contributed by atoms with Crippen molar-refractivity contribution in [3.8, 4) is 0 Å². The molecule has 0 aromatic carbocycles. The molecule has 0 aromatic rings. The SMILES string of the molecule is CCC(N=C=O)C(=O)[O-]. The number of carbonyl (C=O) groups is 1. The van der Waals surface area contributed by atoms with Crippen LogP contribution in [0.2, 0.25) is 0 Å². The molecule has 0 amide bonds. The molecule has 0 saturated carbocycles. The summed E-state index contributed by atoms with van der Waals surface area (Å²) in [6, 6.07) is -1.03. The lowest BCUT2D eigenvalue weighted by Gasteiger charge is -2.06. The van der Waals surface area contributed by atoms with Crippen LogP contribution in [-0.4, -0.2) is 18.1 Å². The lowest BCUT2D eigenvalue weighted by molar-refractivity contribution is -0.307. The maximum atomic E-state index is 9.94. The fourth-order valence-corrected chi connectivity index (χ4v) is 0.374. The van der Waals surface area contributed by atoms with Gasteiger partial charge in [-0.25, -0.2) is 4.79 Å². The molecule has 9 heavy (non-hydrogen) atoms. The first kappa shape index (κ1) is 7.85. The van der Waals surface area contributed by atoms with Crippen LogP contribution in [0, 0.1) is 0 Å². The molecule has 0 heterocycles. The van der Waals surface area contributed by atoms with Gasteiger partial charge < -0.3 is 9.90 Å². The highest BCUT2D eigenvalue weighted by Crippen LogP contribution is 1.92. The highest BCUT2D eigenvalue weighted by atomic mass is 16.4. The zero-order chi connectivity index (χ0) is 7.28. The molecular formula is C5H6NO3-. The molecular weight excluding hydrogens is 122 g/mol. The number of aliphatic carboxylic acids is 1. The molecule has 0 fully saturated rings. The van der Waals surface area contributed by atoms with Crippen molar-refractivity contribution >= 4 is 12.0 Å². The average molecular weight is 128 g/mol. The lowest BCUT2D eigenvalue weighted by Crippen LogP contribution is -2.33. The molecule has 0 aliphatic heterocycles. The van der Waals surface area contributed by atoms with Crippen molar-refractivity contribution < 1.29 is 14.7 Å². The number of carboxylic acids is 1. The van der Waals surface area contributed by atoms with E-state index in [0.29, 0.717) is 0 Å². The van der Waals surface area contributed by atoms with Crippen LogP contribution in [0.25, 0.3) is 0 Å². The summed E-state index contributed by atoms with van der Waals surface area (Å²) in [7, 11) is 0. The number of nitrogens with zero attached hydrogens (tertiary/aromatic N) is 1. The molecule has 0 saturated heterocycles. The quantitative estimate of drug-likeness (QED) is 0.356. The Kier molecular flexibility index (Phi) is 3.32. The molecule has 0 radical (unpaired) electrons. The van der Waals surface area contributed by atoms with Gasteiger partial charge in [-0.2, -0.15) is 4.99 Å². The highest BCUT2D eigenvalue weighted by molar-refractivity contribution is 5.72. The van der Waals surface area contributed by atoms with Gasteiger partial charge in [-0.05, 0) is 6.42 Å². The van der Waals surface area contributed by atoms with Crippen LogP contribution in [0.1, 0.15) is 13.3 Å². The lowest BCUT2D eigenvalue weighted by atomic mass is 10.2. The molecule has 0 rings (SSSR count). The van der Waals surface area contributed by atoms with Crippen LogP contribution in [0.15, 0.2) is 4.99 Å². The Bertz CT molecular complexity index is 146. The first-order chi connectivity index (χ1) is 4.22. The molecule has 0 bridgehead atoms. The van der Waals surface area contributed by atoms with E-state index in [2.05, 4.69) is 4.99 Å². The van der Waals surface area contributed by atoms with E-state index in [0.717, 1.165) is 6.08 Å². The number of hydrogen-bond donors (Lipinski definition) is 0. The summed E-state index contributed by atoms with van der Waals surface area (Å²) in [6.07, 6.45) is 1.42. The van der Waals surface area contributed by atoms with E-state index in [1.54, 1.807) is 6.92 Å². The van der Waals surface area contributed by atoms with E-state index in [1.807, 2.05) is 0 Å². The Hall–Kier alpha value is -1.15. The smallest absolute Gasteiger partial charge is 0.235 e. The summed E-state index contributed by atoms with van der Waals surface area (Å²) in [5, 5.41) is 9.94. The molecule has 1 atom stereocenters. The Labute approximate surface area is 52.2 Å². The zero-order valence-electron chi connectivity index (χ0n) is 4.96. The second kappa shape index (κ2) is 3.80. The predicted octanol–water partition coefficient (Wildman–Crippen LogP) is -1.15. The van der Waals surface area contributed by atoms with E-state index in [4.69, 9.17) is 0 Å². The van der Waals surface area contributed by atoms with Gasteiger partial charge in [0.2, 0.25) is 6.08 Å². The third kappa shape index (κ3) is 2.61. The van der Waals surface area contributed by atoms with Gasteiger partial charge in [0.15, 0.2) is 0 Å². The second-order valence-corrected chi connectivity index (χ2v) is 1.46. The number of carboxylic acid groups (broad SMARTS) is 1. The molecule has 0 aliphatic carbocycles. The maximum absolute atomic E-state index is 9.94. The molecule has 50 valence electrons. The summed E-state index contributed by atoms with van der Waals surface area (Å²) in [4.78, 5) is 22.4. The van der Waals surface area contributed by atoms with Crippen LogP contribution >= 0.6 is 0 Å². The standard InChI is InChI=1S/C5H7NO3/c1-2-4(5(8)9)6-3-7/h4H,2H2,1H3,(H,8,9)/p-1. The first-order valence-corrected chi connectivity index (χ1v) is 2.50. The Morgan fingerprint density at radius 1 is 1.89 bits per heavy atom.